The van der Waals surface area contributed by atoms with Crippen LogP contribution < -0.4 is 5.32 Å². The zero-order valence-corrected chi connectivity index (χ0v) is 17.9. The number of rotatable bonds is 6. The summed E-state index contributed by atoms with van der Waals surface area (Å²) in [5, 5.41) is 17.2. The Kier molecular flexibility index (Phi) is 6.40. The molecule has 162 valence electrons. The zero-order valence-electron chi connectivity index (χ0n) is 17.1. The summed E-state index contributed by atoms with van der Waals surface area (Å²) in [4.78, 5) is 32.3. The largest absolute Gasteiger partial charge is 0.394 e. The quantitative estimate of drug-likeness (QED) is 0.606. The molecule has 3 aromatic rings. The molecule has 3 heterocycles. The predicted molar refractivity (Wildman–Crippen MR) is 116 cm³/mol. The van der Waals surface area contributed by atoms with E-state index in [4.69, 9.17) is 4.74 Å². The van der Waals surface area contributed by atoms with Gasteiger partial charge in [0.1, 0.15) is 0 Å². The van der Waals surface area contributed by atoms with E-state index < -0.39 is 0 Å². The SMILES string of the molecule is Cc1nc(NC(=O)c2ccccc2)sc1-c1cc(C(=O)N2CCOCC2)nn1CCO. The molecule has 9 nitrogen and oxygen atoms in total. The molecule has 1 aliphatic heterocycles. The van der Waals surface area contributed by atoms with Crippen molar-refractivity contribution in [2.24, 2.45) is 0 Å². The minimum atomic E-state index is -0.243. The lowest BCUT2D eigenvalue weighted by molar-refractivity contribution is 0.0298. The molecule has 4 rings (SSSR count). The maximum atomic E-state index is 12.9. The van der Waals surface area contributed by atoms with Gasteiger partial charge in [-0.2, -0.15) is 5.10 Å². The molecule has 1 aromatic carbocycles. The highest BCUT2D eigenvalue weighted by atomic mass is 32.1. The van der Waals surface area contributed by atoms with E-state index in [2.05, 4.69) is 15.4 Å². The van der Waals surface area contributed by atoms with E-state index in [9.17, 15) is 14.7 Å². The molecule has 2 N–H and O–H groups in total. The number of carbonyl (C=O) groups is 2. The summed E-state index contributed by atoms with van der Waals surface area (Å²) in [6, 6.07) is 10.6. The number of aliphatic hydroxyl groups excluding tert-OH is 1. The summed E-state index contributed by atoms with van der Waals surface area (Å²) in [6.45, 7) is 4.03. The molecular formula is C21H23N5O4S. The van der Waals surface area contributed by atoms with Crippen LogP contribution in [0.4, 0.5) is 5.13 Å². The summed E-state index contributed by atoms with van der Waals surface area (Å²) >= 11 is 1.31. The summed E-state index contributed by atoms with van der Waals surface area (Å²) in [5.41, 5.74) is 2.24. The lowest BCUT2D eigenvalue weighted by Crippen LogP contribution is -2.40. The number of morpholine rings is 1. The number of aliphatic hydroxyl groups is 1. The third kappa shape index (κ3) is 4.66. The van der Waals surface area contributed by atoms with Gasteiger partial charge in [0.25, 0.3) is 11.8 Å². The number of hydrogen-bond acceptors (Lipinski definition) is 7. The summed E-state index contributed by atoms with van der Waals surface area (Å²) in [5.74, 6) is -0.408. The average molecular weight is 442 g/mol. The first-order chi connectivity index (χ1) is 15.1. The normalized spacial score (nSPS) is 13.9. The highest BCUT2D eigenvalue weighted by Crippen LogP contribution is 2.33. The maximum absolute atomic E-state index is 12.9. The van der Waals surface area contributed by atoms with Crippen LogP contribution in [0.1, 0.15) is 26.5 Å². The van der Waals surface area contributed by atoms with E-state index in [0.717, 1.165) is 4.88 Å². The van der Waals surface area contributed by atoms with E-state index in [1.807, 2.05) is 13.0 Å². The second-order valence-electron chi connectivity index (χ2n) is 7.02. The highest BCUT2D eigenvalue weighted by Gasteiger charge is 2.24. The lowest BCUT2D eigenvalue weighted by atomic mass is 10.2. The van der Waals surface area contributed by atoms with Gasteiger partial charge in [-0.15, -0.1) is 0 Å². The third-order valence-corrected chi connectivity index (χ3v) is 5.99. The van der Waals surface area contributed by atoms with Crippen LogP contribution in [0, 0.1) is 6.92 Å². The number of nitrogens with zero attached hydrogens (tertiary/aromatic N) is 4. The maximum Gasteiger partial charge on any atom is 0.274 e. The molecule has 31 heavy (non-hydrogen) atoms. The van der Waals surface area contributed by atoms with Gasteiger partial charge in [-0.1, -0.05) is 29.5 Å². The number of aryl methyl sites for hydroxylation is 1. The standard InChI is InChI=1S/C21H23N5O4S/c1-14-18(31-21(22-14)23-19(28)15-5-3-2-4-6-15)17-13-16(24-26(17)7-10-27)20(29)25-8-11-30-12-9-25/h2-6,13,27H,7-12H2,1H3,(H,22,23,28). The van der Waals surface area contributed by atoms with Crippen molar-refractivity contribution in [3.05, 3.63) is 53.3 Å². The molecule has 0 saturated carbocycles. The Morgan fingerprint density at radius 2 is 1.97 bits per heavy atom. The van der Waals surface area contributed by atoms with Gasteiger partial charge in [0, 0.05) is 18.7 Å². The van der Waals surface area contributed by atoms with Crippen molar-refractivity contribution in [3.8, 4) is 10.6 Å². The number of benzene rings is 1. The van der Waals surface area contributed by atoms with Crippen LogP contribution in [0.15, 0.2) is 36.4 Å². The number of anilines is 1. The Labute approximate surface area is 183 Å². The first-order valence-electron chi connectivity index (χ1n) is 9.96. The van der Waals surface area contributed by atoms with E-state index in [1.54, 1.807) is 39.9 Å². The van der Waals surface area contributed by atoms with Crippen molar-refractivity contribution in [1.29, 1.82) is 0 Å². The van der Waals surface area contributed by atoms with Gasteiger partial charge in [-0.3, -0.25) is 19.6 Å². The molecule has 0 unspecified atom stereocenters. The molecule has 1 aliphatic rings. The summed E-state index contributed by atoms with van der Waals surface area (Å²) in [6.07, 6.45) is 0. The molecule has 0 radical (unpaired) electrons. The molecule has 10 heteroatoms. The van der Waals surface area contributed by atoms with Crippen molar-refractivity contribution in [1.82, 2.24) is 19.7 Å². The third-order valence-electron chi connectivity index (χ3n) is 4.89. The minimum absolute atomic E-state index is 0.116. The van der Waals surface area contributed by atoms with Gasteiger partial charge in [0.2, 0.25) is 0 Å². The topological polar surface area (TPSA) is 110 Å². The van der Waals surface area contributed by atoms with Crippen molar-refractivity contribution in [2.45, 2.75) is 13.5 Å². The number of thiazole rings is 1. The number of amides is 2. The Morgan fingerprint density at radius 3 is 2.68 bits per heavy atom. The minimum Gasteiger partial charge on any atom is -0.394 e. The van der Waals surface area contributed by atoms with Crippen LogP contribution >= 0.6 is 11.3 Å². The fraction of sp³-hybridized carbons (Fsp3) is 0.333. The number of hydrogen-bond donors (Lipinski definition) is 2. The number of ether oxygens (including phenoxy) is 1. The van der Waals surface area contributed by atoms with Gasteiger partial charge >= 0.3 is 0 Å². The molecule has 0 bridgehead atoms. The van der Waals surface area contributed by atoms with Gasteiger partial charge < -0.3 is 14.7 Å². The molecule has 1 saturated heterocycles. The van der Waals surface area contributed by atoms with Crippen LogP contribution in [0.5, 0.6) is 0 Å². The zero-order chi connectivity index (χ0) is 21.8. The molecule has 2 amide bonds. The van der Waals surface area contributed by atoms with Gasteiger partial charge in [-0.25, -0.2) is 4.98 Å². The predicted octanol–water partition coefficient (Wildman–Crippen LogP) is 2.03. The molecule has 1 fully saturated rings. The van der Waals surface area contributed by atoms with E-state index >= 15 is 0 Å². The molecular weight excluding hydrogens is 418 g/mol. The fourth-order valence-corrected chi connectivity index (χ4v) is 4.33. The van der Waals surface area contributed by atoms with Crippen molar-refractivity contribution in [3.63, 3.8) is 0 Å². The van der Waals surface area contributed by atoms with Crippen molar-refractivity contribution in [2.75, 3.05) is 38.2 Å². The van der Waals surface area contributed by atoms with Crippen LogP contribution in [0.3, 0.4) is 0 Å². The van der Waals surface area contributed by atoms with Crippen molar-refractivity contribution < 1.29 is 19.4 Å². The van der Waals surface area contributed by atoms with E-state index in [-0.39, 0.29) is 25.0 Å². The number of nitrogens with one attached hydrogen (secondary N) is 1. The second-order valence-corrected chi connectivity index (χ2v) is 8.02. The molecule has 2 aromatic heterocycles. The second kappa shape index (κ2) is 9.38. The first-order valence-corrected chi connectivity index (χ1v) is 10.8. The number of carbonyl (C=O) groups excluding carboxylic acids is 2. The number of aromatic nitrogens is 3. The Morgan fingerprint density at radius 1 is 1.23 bits per heavy atom. The Hall–Kier alpha value is -3.08. The fourth-order valence-electron chi connectivity index (χ4n) is 3.34. The average Bonchev–Trinajstić information content (AvgIpc) is 3.37. The van der Waals surface area contributed by atoms with Gasteiger partial charge in [0.05, 0.1) is 42.6 Å². The molecule has 0 spiro atoms. The van der Waals surface area contributed by atoms with Crippen LogP contribution in [-0.2, 0) is 11.3 Å². The van der Waals surface area contributed by atoms with E-state index in [1.165, 1.54) is 11.3 Å². The summed E-state index contributed by atoms with van der Waals surface area (Å²) in [7, 11) is 0. The smallest absolute Gasteiger partial charge is 0.274 e. The highest BCUT2D eigenvalue weighted by molar-refractivity contribution is 7.19. The lowest BCUT2D eigenvalue weighted by Gasteiger charge is -2.25. The van der Waals surface area contributed by atoms with E-state index in [0.29, 0.717) is 54.1 Å². The summed E-state index contributed by atoms with van der Waals surface area (Å²) < 4.78 is 6.92. The van der Waals surface area contributed by atoms with Crippen LogP contribution in [0.2, 0.25) is 0 Å². The van der Waals surface area contributed by atoms with Crippen LogP contribution in [-0.4, -0.2) is 69.5 Å². The Balaban J connectivity index is 1.60. The monoisotopic (exact) mass is 441 g/mol. The van der Waals surface area contributed by atoms with Crippen LogP contribution in [0.25, 0.3) is 10.6 Å². The Bertz CT molecular complexity index is 1070. The molecule has 0 aliphatic carbocycles. The van der Waals surface area contributed by atoms with Gasteiger partial charge in [0.15, 0.2) is 10.8 Å². The molecule has 0 atom stereocenters. The van der Waals surface area contributed by atoms with Gasteiger partial charge in [-0.05, 0) is 25.1 Å². The first kappa shape index (κ1) is 21.2. The van der Waals surface area contributed by atoms with Crippen molar-refractivity contribution >= 4 is 28.3 Å².